The molecule has 0 unspecified atom stereocenters. The molecule has 1 rings (SSSR count). The fourth-order valence-electron chi connectivity index (χ4n) is 1.95. The molecule has 22 heavy (non-hydrogen) atoms. The average molecular weight is 306 g/mol. The van der Waals surface area contributed by atoms with E-state index in [0.29, 0.717) is 0 Å². The maximum atomic E-state index is 12.4. The van der Waals surface area contributed by atoms with Crippen LogP contribution < -0.4 is 0 Å². The van der Waals surface area contributed by atoms with Gasteiger partial charge in [-0.05, 0) is 47.1 Å². The van der Waals surface area contributed by atoms with Gasteiger partial charge in [0.05, 0.1) is 12.3 Å². The van der Waals surface area contributed by atoms with Crippen LogP contribution in [0.5, 0.6) is 0 Å². The van der Waals surface area contributed by atoms with E-state index in [1.54, 1.807) is 41.5 Å². The van der Waals surface area contributed by atoms with Crippen molar-refractivity contribution in [2.45, 2.75) is 65.1 Å². The summed E-state index contributed by atoms with van der Waals surface area (Å²) in [5, 5.41) is 0. The van der Waals surface area contributed by atoms with Gasteiger partial charge in [-0.2, -0.15) is 0 Å². The van der Waals surface area contributed by atoms with E-state index in [9.17, 15) is 9.59 Å². The summed E-state index contributed by atoms with van der Waals surface area (Å²) in [5.74, 6) is -1.48. The fraction of sp³-hybridized carbons (Fsp3) is 0.556. The highest BCUT2D eigenvalue weighted by Gasteiger charge is 2.30. The minimum Gasteiger partial charge on any atom is -0.460 e. The summed E-state index contributed by atoms with van der Waals surface area (Å²) in [7, 11) is 0. The Morgan fingerprint density at radius 3 is 1.86 bits per heavy atom. The maximum absolute atomic E-state index is 12.4. The number of ether oxygens (including phenoxy) is 2. The number of hydrogen-bond donors (Lipinski definition) is 0. The molecule has 0 bridgehead atoms. The molecule has 4 nitrogen and oxygen atoms in total. The van der Waals surface area contributed by atoms with E-state index in [0.717, 1.165) is 5.56 Å². The SMILES string of the molecule is CC(C)(C)OC(=O)C[C@@H](C(=O)OC(C)(C)C)c1ccccc1. The molecule has 4 heteroatoms. The predicted octanol–water partition coefficient (Wildman–Crippen LogP) is 3.84. The van der Waals surface area contributed by atoms with Crippen LogP contribution in [0.4, 0.5) is 0 Å². The lowest BCUT2D eigenvalue weighted by Crippen LogP contribution is -2.31. The highest BCUT2D eigenvalue weighted by atomic mass is 16.6. The molecule has 1 atom stereocenters. The van der Waals surface area contributed by atoms with Gasteiger partial charge in [0.1, 0.15) is 11.2 Å². The number of esters is 2. The Morgan fingerprint density at radius 2 is 1.41 bits per heavy atom. The van der Waals surface area contributed by atoms with Crippen molar-refractivity contribution in [3.8, 4) is 0 Å². The molecule has 0 aliphatic carbocycles. The summed E-state index contributed by atoms with van der Waals surface area (Å²) < 4.78 is 10.8. The molecule has 0 spiro atoms. The normalized spacial score (nSPS) is 13.4. The van der Waals surface area contributed by atoms with E-state index < -0.39 is 29.1 Å². The van der Waals surface area contributed by atoms with Crippen LogP contribution in [0.3, 0.4) is 0 Å². The van der Waals surface area contributed by atoms with Gasteiger partial charge in [0.25, 0.3) is 0 Å². The molecule has 0 radical (unpaired) electrons. The predicted molar refractivity (Wildman–Crippen MR) is 85.5 cm³/mol. The second-order valence-corrected chi connectivity index (χ2v) is 7.29. The zero-order valence-electron chi connectivity index (χ0n) is 14.3. The van der Waals surface area contributed by atoms with Crippen molar-refractivity contribution in [3.63, 3.8) is 0 Å². The lowest BCUT2D eigenvalue weighted by Gasteiger charge is -2.25. The largest absolute Gasteiger partial charge is 0.460 e. The van der Waals surface area contributed by atoms with Crippen molar-refractivity contribution in [1.82, 2.24) is 0 Å². The van der Waals surface area contributed by atoms with Crippen LogP contribution in [-0.4, -0.2) is 23.1 Å². The van der Waals surface area contributed by atoms with Crippen molar-refractivity contribution in [2.75, 3.05) is 0 Å². The maximum Gasteiger partial charge on any atom is 0.314 e. The molecule has 0 N–H and O–H groups in total. The molecule has 0 amide bonds. The summed E-state index contributed by atoms with van der Waals surface area (Å²) in [5.41, 5.74) is -0.424. The van der Waals surface area contributed by atoms with Gasteiger partial charge in [0, 0.05) is 0 Å². The quantitative estimate of drug-likeness (QED) is 0.793. The Bertz CT molecular complexity index is 506. The van der Waals surface area contributed by atoms with E-state index >= 15 is 0 Å². The first-order chi connectivity index (χ1) is 9.98. The fourth-order valence-corrected chi connectivity index (χ4v) is 1.95. The van der Waals surface area contributed by atoms with Crippen LogP contribution in [0, 0.1) is 0 Å². The molecule has 1 aromatic rings. The topological polar surface area (TPSA) is 52.6 Å². The average Bonchev–Trinajstić information content (AvgIpc) is 2.32. The molecule has 122 valence electrons. The van der Waals surface area contributed by atoms with Gasteiger partial charge < -0.3 is 9.47 Å². The Kier molecular flexibility index (Phi) is 5.75. The van der Waals surface area contributed by atoms with Crippen molar-refractivity contribution in [1.29, 1.82) is 0 Å². The lowest BCUT2D eigenvalue weighted by molar-refractivity contribution is -0.164. The molecule has 0 aromatic heterocycles. The van der Waals surface area contributed by atoms with E-state index in [1.165, 1.54) is 0 Å². The molecule has 1 aromatic carbocycles. The molecule has 0 fully saturated rings. The number of carbonyl (C=O) groups excluding carboxylic acids is 2. The van der Waals surface area contributed by atoms with Gasteiger partial charge in [-0.1, -0.05) is 30.3 Å². The molecule has 0 heterocycles. The van der Waals surface area contributed by atoms with Crippen molar-refractivity contribution in [2.24, 2.45) is 0 Å². The van der Waals surface area contributed by atoms with Crippen LogP contribution >= 0.6 is 0 Å². The number of hydrogen-bond acceptors (Lipinski definition) is 4. The van der Waals surface area contributed by atoms with E-state index in [2.05, 4.69) is 0 Å². The Balaban J connectivity index is 2.93. The monoisotopic (exact) mass is 306 g/mol. The van der Waals surface area contributed by atoms with Crippen LogP contribution in [0.1, 0.15) is 59.4 Å². The summed E-state index contributed by atoms with van der Waals surface area (Å²) >= 11 is 0. The molecular weight excluding hydrogens is 280 g/mol. The van der Waals surface area contributed by atoms with Gasteiger partial charge in [0.15, 0.2) is 0 Å². The Labute approximate surface area is 132 Å². The standard InChI is InChI=1S/C18H26O4/c1-17(2,3)21-15(19)12-14(13-10-8-7-9-11-13)16(20)22-18(4,5)6/h7-11,14H,12H2,1-6H3/t14-/m1/s1. The van der Waals surface area contributed by atoms with Crippen LogP contribution in [-0.2, 0) is 19.1 Å². The van der Waals surface area contributed by atoms with Gasteiger partial charge >= 0.3 is 11.9 Å². The van der Waals surface area contributed by atoms with E-state index in [4.69, 9.17) is 9.47 Å². The van der Waals surface area contributed by atoms with Gasteiger partial charge in [-0.15, -0.1) is 0 Å². The van der Waals surface area contributed by atoms with Gasteiger partial charge in [0.2, 0.25) is 0 Å². The van der Waals surface area contributed by atoms with Gasteiger partial charge in [-0.3, -0.25) is 9.59 Å². The second-order valence-electron chi connectivity index (χ2n) is 7.29. The molecule has 0 aliphatic heterocycles. The smallest absolute Gasteiger partial charge is 0.314 e. The van der Waals surface area contributed by atoms with E-state index in [1.807, 2.05) is 30.3 Å². The molecular formula is C18H26O4. The zero-order chi connectivity index (χ0) is 17.0. The first kappa shape index (κ1) is 18.2. The first-order valence-corrected chi connectivity index (χ1v) is 7.47. The van der Waals surface area contributed by atoms with Crippen molar-refractivity contribution < 1.29 is 19.1 Å². The number of benzene rings is 1. The summed E-state index contributed by atoms with van der Waals surface area (Å²) in [4.78, 5) is 24.5. The van der Waals surface area contributed by atoms with Crippen molar-refractivity contribution in [3.05, 3.63) is 35.9 Å². The number of rotatable bonds is 4. The first-order valence-electron chi connectivity index (χ1n) is 7.47. The second kappa shape index (κ2) is 6.95. The molecule has 0 saturated carbocycles. The Morgan fingerprint density at radius 1 is 0.909 bits per heavy atom. The summed E-state index contributed by atoms with van der Waals surface area (Å²) in [6, 6.07) is 9.17. The van der Waals surface area contributed by atoms with Crippen LogP contribution in [0.2, 0.25) is 0 Å². The van der Waals surface area contributed by atoms with Crippen molar-refractivity contribution >= 4 is 11.9 Å². The third-order valence-corrected chi connectivity index (χ3v) is 2.68. The molecule has 0 saturated heterocycles. The third-order valence-electron chi connectivity index (χ3n) is 2.68. The minimum absolute atomic E-state index is 0.0316. The zero-order valence-corrected chi connectivity index (χ0v) is 14.3. The van der Waals surface area contributed by atoms with Crippen LogP contribution in [0.15, 0.2) is 30.3 Å². The van der Waals surface area contributed by atoms with E-state index in [-0.39, 0.29) is 6.42 Å². The van der Waals surface area contributed by atoms with Crippen LogP contribution in [0.25, 0.3) is 0 Å². The molecule has 0 aliphatic rings. The summed E-state index contributed by atoms with van der Waals surface area (Å²) in [6.45, 7) is 10.8. The minimum atomic E-state index is -0.657. The number of carbonyl (C=O) groups is 2. The third kappa shape index (κ3) is 6.74. The summed E-state index contributed by atoms with van der Waals surface area (Å²) in [6.07, 6.45) is -0.0316. The highest BCUT2D eigenvalue weighted by Crippen LogP contribution is 2.25. The lowest BCUT2D eigenvalue weighted by atomic mass is 9.95. The Hall–Kier alpha value is -1.84. The highest BCUT2D eigenvalue weighted by molar-refractivity contribution is 5.84. The van der Waals surface area contributed by atoms with Gasteiger partial charge in [-0.25, -0.2) is 0 Å².